The Labute approximate surface area is 333 Å². The molecule has 0 fully saturated rings. The quantitative estimate of drug-likeness (QED) is 0.0752. The first-order chi connectivity index (χ1) is 24.4. The van der Waals surface area contributed by atoms with E-state index in [-0.39, 0.29) is 64.8 Å². The fraction of sp³-hybridized carbons (Fsp3) is 0.176. The number of oxime groups is 2. The lowest BCUT2D eigenvalue weighted by molar-refractivity contribution is -0.115. The van der Waals surface area contributed by atoms with Crippen LogP contribution in [0, 0.1) is 0 Å². The second kappa shape index (κ2) is 17.3. The van der Waals surface area contributed by atoms with Gasteiger partial charge in [0.1, 0.15) is 17.2 Å². The number of hydrogen-bond donors (Lipinski definition) is 6. The third-order valence-electron chi connectivity index (χ3n) is 7.57. The van der Waals surface area contributed by atoms with E-state index in [1.165, 1.54) is 6.07 Å². The lowest BCUT2D eigenvalue weighted by Gasteiger charge is -2.16. The minimum Gasteiger partial charge on any atom is -0.503 e. The topological polar surface area (TPSA) is 182 Å². The van der Waals surface area contributed by atoms with Crippen LogP contribution in [0.4, 0.5) is 0 Å². The summed E-state index contributed by atoms with van der Waals surface area (Å²) in [6.45, 7) is 0.418. The zero-order valence-corrected chi connectivity index (χ0v) is 34.1. The van der Waals surface area contributed by atoms with E-state index in [0.717, 1.165) is 11.1 Å². The largest absolute Gasteiger partial charge is 0.503 e. The molecule has 4 aromatic rings. The van der Waals surface area contributed by atoms with Crippen LogP contribution < -0.4 is 20.1 Å². The number of rotatable bonds is 0. The summed E-state index contributed by atoms with van der Waals surface area (Å²) >= 11 is 17.2. The van der Waals surface area contributed by atoms with Crippen LogP contribution in [0.5, 0.6) is 34.5 Å². The van der Waals surface area contributed by atoms with Gasteiger partial charge in [0.2, 0.25) is 0 Å². The van der Waals surface area contributed by atoms with Crippen LogP contribution in [0.25, 0.3) is 0 Å². The van der Waals surface area contributed by atoms with Crippen molar-refractivity contribution in [2.45, 2.75) is 25.7 Å². The molecule has 0 aliphatic carbocycles. The number of phenols is 2. The number of carbonyl (C=O) groups is 2. The van der Waals surface area contributed by atoms with Crippen LogP contribution >= 0.6 is 79.6 Å². The molecule has 6 N–H and O–H groups in total. The zero-order chi connectivity index (χ0) is 36.8. The average Bonchev–Trinajstić information content (AvgIpc) is 3.08. The molecule has 7 rings (SSSR count). The van der Waals surface area contributed by atoms with Gasteiger partial charge in [-0.25, -0.2) is 0 Å². The number of ether oxygens (including phenoxy) is 2. The van der Waals surface area contributed by atoms with Gasteiger partial charge in [0.25, 0.3) is 11.8 Å². The predicted molar refractivity (Wildman–Crippen MR) is 207 cm³/mol. The number of aromatic hydroxyl groups is 2. The number of halogens is 5. The molecule has 0 saturated carbocycles. The van der Waals surface area contributed by atoms with Gasteiger partial charge in [-0.2, -0.15) is 0 Å². The van der Waals surface area contributed by atoms with Crippen LogP contribution in [0.3, 0.4) is 0 Å². The first-order valence-corrected chi connectivity index (χ1v) is 19.0. The maximum atomic E-state index is 13.0. The van der Waals surface area contributed by atoms with Gasteiger partial charge in [0, 0.05) is 25.9 Å². The molecule has 3 aliphatic rings. The second-order valence-electron chi connectivity index (χ2n) is 11.2. The van der Waals surface area contributed by atoms with Crippen LogP contribution in [0.1, 0.15) is 22.3 Å². The highest BCUT2D eigenvalue weighted by molar-refractivity contribution is 9.11. The minimum absolute atomic E-state index is 0.0147. The molecule has 0 atom stereocenters. The van der Waals surface area contributed by atoms with Gasteiger partial charge in [-0.05, 0) is 163 Å². The normalized spacial score (nSPS) is 16.2. The van der Waals surface area contributed by atoms with Crippen molar-refractivity contribution in [1.29, 1.82) is 0 Å². The predicted octanol–water partition coefficient (Wildman–Crippen LogP) is 8.27. The van der Waals surface area contributed by atoms with Crippen LogP contribution in [-0.4, -0.2) is 57.0 Å². The Morgan fingerprint density at radius 3 is 1.55 bits per heavy atom. The van der Waals surface area contributed by atoms with Gasteiger partial charge in [0.15, 0.2) is 28.7 Å². The Balaban J connectivity index is 1.47. The number of phenolic OH excluding ortho intramolecular Hbond substituents is 2. The van der Waals surface area contributed by atoms with Crippen molar-refractivity contribution in [3.63, 3.8) is 0 Å². The number of benzene rings is 4. The Bertz CT molecular complexity index is 2050. The maximum Gasteiger partial charge on any atom is 0.269 e. The highest BCUT2D eigenvalue weighted by Crippen LogP contribution is 2.44. The molecule has 12 nitrogen and oxygen atoms in total. The molecule has 0 unspecified atom stereocenters. The molecule has 3 heterocycles. The summed E-state index contributed by atoms with van der Waals surface area (Å²) in [5, 5.41) is 52.9. The van der Waals surface area contributed by atoms with Crippen LogP contribution in [-0.2, 0) is 35.3 Å². The molecular formula is C34H27Br5N4O8. The van der Waals surface area contributed by atoms with E-state index >= 15 is 0 Å². The number of amides is 2. The molecule has 4 aromatic carbocycles. The van der Waals surface area contributed by atoms with E-state index in [2.05, 4.69) is 101 Å². The molecule has 17 heteroatoms. The molecule has 51 heavy (non-hydrogen) atoms. The second-order valence-corrected chi connectivity index (χ2v) is 15.4. The minimum atomic E-state index is -0.615. The molecule has 3 aliphatic heterocycles. The summed E-state index contributed by atoms with van der Waals surface area (Å²) in [4.78, 5) is 26.0. The van der Waals surface area contributed by atoms with E-state index in [9.17, 15) is 30.2 Å². The van der Waals surface area contributed by atoms with Gasteiger partial charge < -0.3 is 40.7 Å². The molecule has 0 saturated heterocycles. The smallest absolute Gasteiger partial charge is 0.269 e. The number of fused-ring (bicyclic) bond motifs is 2. The fourth-order valence-corrected chi connectivity index (χ4v) is 7.96. The van der Waals surface area contributed by atoms with E-state index in [1.54, 1.807) is 36.4 Å². The Kier molecular flexibility index (Phi) is 13.1. The molecular weight excluding hydrogens is 992 g/mol. The van der Waals surface area contributed by atoms with Gasteiger partial charge in [-0.1, -0.05) is 16.4 Å². The molecule has 0 spiro atoms. The van der Waals surface area contributed by atoms with Gasteiger partial charge in [-0.15, -0.1) is 0 Å². The summed E-state index contributed by atoms with van der Waals surface area (Å²) in [5.74, 6) is -0.563. The first-order valence-electron chi connectivity index (χ1n) is 15.0. The molecule has 8 bridgehead atoms. The third kappa shape index (κ3) is 9.62. The average molecular weight is 1020 g/mol. The van der Waals surface area contributed by atoms with Gasteiger partial charge >= 0.3 is 0 Å². The summed E-state index contributed by atoms with van der Waals surface area (Å²) in [6, 6.07) is 15.2. The van der Waals surface area contributed by atoms with Crippen LogP contribution in [0.15, 0.2) is 87.3 Å². The summed E-state index contributed by atoms with van der Waals surface area (Å²) in [6.07, 6.45) is 0.677. The summed E-state index contributed by atoms with van der Waals surface area (Å²) in [5.41, 5.74) is 2.39. The van der Waals surface area contributed by atoms with Crippen molar-refractivity contribution < 1.29 is 39.7 Å². The zero-order valence-electron chi connectivity index (χ0n) is 26.1. The Morgan fingerprint density at radius 2 is 1.00 bits per heavy atom. The van der Waals surface area contributed by atoms with Crippen molar-refractivity contribution >= 4 is 103 Å². The Hall–Kier alpha value is -3.64. The SMILES string of the molecule is O=C1NCCc2ccc(c(Br)c2)Oc2cc(cc(Br)c2O)CCNC(=O)/C(=N/O)Cc2cc(Br)c(O)c(c2)Oc2c(Br)cc(cc2Br)C/C1=N/O. The lowest BCUT2D eigenvalue weighted by atomic mass is 10.1. The first kappa shape index (κ1) is 38.6. The molecule has 2 amide bonds. The number of carbonyl (C=O) groups excluding carboxylic acids is 2. The number of hydrogen-bond acceptors (Lipinski definition) is 10. The molecule has 0 radical (unpaired) electrons. The van der Waals surface area contributed by atoms with Crippen molar-refractivity contribution in [3.8, 4) is 34.5 Å². The third-order valence-corrected chi connectivity index (χ3v) is 10.6. The standard InChI is InChI=1S/C34H27Br5N4O8/c35-20-7-16-1-2-27(20)50-28-14-17(8-21(36)30(28)44)4-6-41-34(47)26(43-49)13-19-9-22(37)31(45)29(15-19)51-32-23(38)10-18(11-24(32)39)12-25(42-48)33(46)40-5-3-16/h1-2,7-11,14-15,44-45,48-49H,3-6,12-13H2,(H,40,46)(H,41,47)/b42-25-,43-26+. The lowest BCUT2D eigenvalue weighted by Crippen LogP contribution is -2.33. The molecule has 266 valence electrons. The van der Waals surface area contributed by atoms with Crippen molar-refractivity contribution in [2.75, 3.05) is 13.1 Å². The molecule has 0 aromatic heterocycles. The number of nitrogens with zero attached hydrogens (tertiary/aromatic N) is 2. The van der Waals surface area contributed by atoms with Crippen molar-refractivity contribution in [1.82, 2.24) is 10.6 Å². The monoisotopic (exact) mass is 1010 g/mol. The van der Waals surface area contributed by atoms with E-state index in [4.69, 9.17) is 9.47 Å². The van der Waals surface area contributed by atoms with Gasteiger partial charge in [-0.3, -0.25) is 9.59 Å². The fourth-order valence-electron chi connectivity index (χ4n) is 5.03. The number of nitrogens with one attached hydrogen (secondary N) is 2. The van der Waals surface area contributed by atoms with E-state index < -0.39 is 11.8 Å². The maximum absolute atomic E-state index is 13.0. The van der Waals surface area contributed by atoms with E-state index in [1.807, 2.05) is 12.1 Å². The highest BCUT2D eigenvalue weighted by atomic mass is 79.9. The summed E-state index contributed by atoms with van der Waals surface area (Å²) in [7, 11) is 0. The summed E-state index contributed by atoms with van der Waals surface area (Å²) < 4.78 is 14.3. The van der Waals surface area contributed by atoms with Gasteiger partial charge in [0.05, 0.1) is 22.4 Å². The Morgan fingerprint density at radius 1 is 0.549 bits per heavy atom. The highest BCUT2D eigenvalue weighted by Gasteiger charge is 2.21. The van der Waals surface area contributed by atoms with Crippen molar-refractivity contribution in [3.05, 3.63) is 99.2 Å². The van der Waals surface area contributed by atoms with E-state index in [0.29, 0.717) is 53.4 Å². The van der Waals surface area contributed by atoms with Crippen molar-refractivity contribution in [2.24, 2.45) is 10.3 Å². The van der Waals surface area contributed by atoms with Crippen LogP contribution in [0.2, 0.25) is 0 Å².